The first-order valence-corrected chi connectivity index (χ1v) is 11.3. The van der Waals surface area contributed by atoms with Crippen LogP contribution in [0.5, 0.6) is 0 Å². The molecule has 2 aliphatic rings. The molecule has 6 nitrogen and oxygen atoms in total. The average Bonchev–Trinajstić information content (AvgIpc) is 3.10. The molecule has 3 rings (SSSR count). The fourth-order valence-corrected chi connectivity index (χ4v) is 6.49. The average molecular weight is 373 g/mol. The minimum absolute atomic E-state index is 0.162. The smallest absolute Gasteiger partial charge is 0.207 e. The Morgan fingerprint density at radius 3 is 1.75 bits per heavy atom. The minimum atomic E-state index is -3.55. The second-order valence-electron chi connectivity index (χ2n) is 6.69. The van der Waals surface area contributed by atoms with Crippen molar-refractivity contribution < 1.29 is 16.8 Å². The highest BCUT2D eigenvalue weighted by Crippen LogP contribution is 2.26. The molecular weight excluding hydrogens is 348 g/mol. The van der Waals surface area contributed by atoms with E-state index in [4.69, 9.17) is 0 Å². The van der Waals surface area contributed by atoms with Gasteiger partial charge in [0.2, 0.25) is 20.0 Å². The van der Waals surface area contributed by atoms with Crippen LogP contribution in [0.1, 0.15) is 32.6 Å². The maximum atomic E-state index is 12.7. The lowest BCUT2D eigenvalue weighted by Gasteiger charge is -2.30. The van der Waals surface area contributed by atoms with Crippen LogP contribution in [0, 0.1) is 5.92 Å². The molecule has 8 heteroatoms. The summed E-state index contributed by atoms with van der Waals surface area (Å²) in [6.07, 6.45) is 3.65. The Hall–Kier alpha value is -0.960. The van der Waals surface area contributed by atoms with Gasteiger partial charge in [-0.15, -0.1) is 0 Å². The van der Waals surface area contributed by atoms with Crippen molar-refractivity contribution in [3.8, 4) is 0 Å². The fraction of sp³-hybridized carbons (Fsp3) is 0.625. The fourth-order valence-electron chi connectivity index (χ4n) is 3.37. The molecule has 2 saturated heterocycles. The summed E-state index contributed by atoms with van der Waals surface area (Å²) in [6.45, 7) is 4.17. The summed E-state index contributed by atoms with van der Waals surface area (Å²) in [6, 6.07) is 5.65. The maximum absolute atomic E-state index is 12.7. The lowest BCUT2D eigenvalue weighted by atomic mass is 10.0. The van der Waals surface area contributed by atoms with Crippen LogP contribution in [0.4, 0.5) is 0 Å². The van der Waals surface area contributed by atoms with Gasteiger partial charge >= 0.3 is 0 Å². The predicted molar refractivity (Wildman–Crippen MR) is 91.6 cm³/mol. The molecule has 0 aliphatic carbocycles. The number of nitrogens with zero attached hydrogens (tertiary/aromatic N) is 2. The summed E-state index contributed by atoms with van der Waals surface area (Å²) in [5, 5.41) is 0. The first-order chi connectivity index (χ1) is 11.3. The van der Waals surface area contributed by atoms with Crippen molar-refractivity contribution in [1.29, 1.82) is 0 Å². The highest BCUT2D eigenvalue weighted by molar-refractivity contribution is 7.89. The molecule has 0 radical (unpaired) electrons. The molecule has 134 valence electrons. The minimum Gasteiger partial charge on any atom is -0.207 e. The summed E-state index contributed by atoms with van der Waals surface area (Å²) < 4.78 is 53.4. The number of piperidine rings is 1. The molecule has 0 amide bonds. The van der Waals surface area contributed by atoms with Crippen molar-refractivity contribution in [2.45, 2.75) is 42.4 Å². The standard InChI is InChI=1S/C16H24N2O4S2/c1-14-5-4-12-18(13-14)24(21,22)16-8-6-15(7-9-16)23(19,20)17-10-2-3-11-17/h6-9,14H,2-5,10-13H2,1H3/t14-/m1/s1. The van der Waals surface area contributed by atoms with Gasteiger partial charge in [-0.1, -0.05) is 6.92 Å². The molecule has 2 aliphatic heterocycles. The third-order valence-electron chi connectivity index (χ3n) is 4.78. The molecular formula is C16H24N2O4S2. The summed E-state index contributed by atoms with van der Waals surface area (Å²) in [5.41, 5.74) is 0. The van der Waals surface area contributed by atoms with E-state index in [0.717, 1.165) is 25.7 Å². The normalized spacial score (nSPS) is 24.3. The Morgan fingerprint density at radius 2 is 1.25 bits per heavy atom. The Kier molecular flexibility index (Phi) is 5.01. The summed E-state index contributed by atoms with van der Waals surface area (Å²) >= 11 is 0. The largest absolute Gasteiger partial charge is 0.243 e. The third-order valence-corrected chi connectivity index (χ3v) is 8.58. The SMILES string of the molecule is C[C@@H]1CCCN(S(=O)(=O)c2ccc(S(=O)(=O)N3CCCC3)cc2)C1. The van der Waals surface area contributed by atoms with Crippen LogP contribution in [0.15, 0.2) is 34.1 Å². The highest BCUT2D eigenvalue weighted by Gasteiger charge is 2.30. The monoisotopic (exact) mass is 372 g/mol. The predicted octanol–water partition coefficient (Wildman–Crippen LogP) is 1.89. The molecule has 0 spiro atoms. The Labute approximate surface area is 144 Å². The Morgan fingerprint density at radius 1 is 0.792 bits per heavy atom. The van der Waals surface area contributed by atoms with Crippen LogP contribution in [0.3, 0.4) is 0 Å². The number of sulfonamides is 2. The van der Waals surface area contributed by atoms with Crippen molar-refractivity contribution in [3.05, 3.63) is 24.3 Å². The van der Waals surface area contributed by atoms with Gasteiger partial charge in [0, 0.05) is 26.2 Å². The first kappa shape index (κ1) is 17.8. The topological polar surface area (TPSA) is 74.8 Å². The van der Waals surface area contributed by atoms with Crippen LogP contribution in [0.25, 0.3) is 0 Å². The Balaban J connectivity index is 1.83. The molecule has 0 saturated carbocycles. The maximum Gasteiger partial charge on any atom is 0.243 e. The van der Waals surface area contributed by atoms with E-state index >= 15 is 0 Å². The molecule has 0 unspecified atom stereocenters. The zero-order chi connectivity index (χ0) is 17.4. The van der Waals surface area contributed by atoms with Crippen LogP contribution < -0.4 is 0 Å². The number of hydrogen-bond acceptors (Lipinski definition) is 4. The van der Waals surface area contributed by atoms with Crippen LogP contribution in [-0.4, -0.2) is 51.6 Å². The zero-order valence-corrected chi connectivity index (χ0v) is 15.5. The van der Waals surface area contributed by atoms with Gasteiger partial charge in [0.15, 0.2) is 0 Å². The second kappa shape index (κ2) is 6.74. The number of benzene rings is 1. The van der Waals surface area contributed by atoms with E-state index in [9.17, 15) is 16.8 Å². The van der Waals surface area contributed by atoms with Gasteiger partial charge in [-0.2, -0.15) is 8.61 Å². The molecule has 0 bridgehead atoms. The molecule has 1 aromatic carbocycles. The van der Waals surface area contributed by atoms with Gasteiger partial charge in [-0.25, -0.2) is 16.8 Å². The quantitative estimate of drug-likeness (QED) is 0.809. The molecule has 24 heavy (non-hydrogen) atoms. The highest BCUT2D eigenvalue weighted by atomic mass is 32.2. The molecule has 0 aromatic heterocycles. The van der Waals surface area contributed by atoms with E-state index in [-0.39, 0.29) is 9.79 Å². The summed E-state index contributed by atoms with van der Waals surface area (Å²) in [5.74, 6) is 0.350. The van der Waals surface area contributed by atoms with E-state index in [1.165, 1.54) is 32.9 Å². The van der Waals surface area contributed by atoms with E-state index in [2.05, 4.69) is 0 Å². The van der Waals surface area contributed by atoms with E-state index < -0.39 is 20.0 Å². The van der Waals surface area contributed by atoms with Gasteiger partial charge in [0.25, 0.3) is 0 Å². The van der Waals surface area contributed by atoms with Gasteiger partial charge in [-0.3, -0.25) is 0 Å². The second-order valence-corrected chi connectivity index (χ2v) is 10.6. The lowest BCUT2D eigenvalue weighted by Crippen LogP contribution is -2.39. The van der Waals surface area contributed by atoms with E-state index in [1.807, 2.05) is 6.92 Å². The van der Waals surface area contributed by atoms with Gasteiger partial charge in [0.1, 0.15) is 0 Å². The van der Waals surface area contributed by atoms with Gasteiger partial charge in [-0.05, 0) is 55.9 Å². The van der Waals surface area contributed by atoms with Crippen LogP contribution >= 0.6 is 0 Å². The van der Waals surface area contributed by atoms with Crippen molar-refractivity contribution in [3.63, 3.8) is 0 Å². The van der Waals surface area contributed by atoms with Gasteiger partial charge < -0.3 is 0 Å². The van der Waals surface area contributed by atoms with Crippen molar-refractivity contribution >= 4 is 20.0 Å². The van der Waals surface area contributed by atoms with Crippen LogP contribution in [-0.2, 0) is 20.0 Å². The first-order valence-electron chi connectivity index (χ1n) is 8.42. The molecule has 0 N–H and O–H groups in total. The Bertz CT molecular complexity index is 782. The molecule has 1 atom stereocenters. The zero-order valence-electron chi connectivity index (χ0n) is 13.9. The lowest BCUT2D eigenvalue weighted by molar-refractivity contribution is 0.281. The number of rotatable bonds is 4. The molecule has 1 aromatic rings. The van der Waals surface area contributed by atoms with E-state index in [1.54, 1.807) is 0 Å². The van der Waals surface area contributed by atoms with Crippen LogP contribution in [0.2, 0.25) is 0 Å². The summed E-state index contributed by atoms with van der Waals surface area (Å²) in [7, 11) is -7.06. The third kappa shape index (κ3) is 3.37. The molecule has 2 heterocycles. The van der Waals surface area contributed by atoms with Crippen molar-refractivity contribution in [2.24, 2.45) is 5.92 Å². The van der Waals surface area contributed by atoms with E-state index in [0.29, 0.717) is 32.1 Å². The van der Waals surface area contributed by atoms with Gasteiger partial charge in [0.05, 0.1) is 9.79 Å². The number of hydrogen-bond donors (Lipinski definition) is 0. The van der Waals surface area contributed by atoms with Crippen molar-refractivity contribution in [1.82, 2.24) is 8.61 Å². The molecule has 2 fully saturated rings. The van der Waals surface area contributed by atoms with Crippen molar-refractivity contribution in [2.75, 3.05) is 26.2 Å². The summed E-state index contributed by atoms with van der Waals surface area (Å²) in [4.78, 5) is 0.326.